The van der Waals surface area contributed by atoms with Crippen LogP contribution in [0, 0.1) is 0 Å². The van der Waals surface area contributed by atoms with Crippen molar-refractivity contribution in [2.45, 2.75) is 0 Å². The fourth-order valence-corrected chi connectivity index (χ4v) is 5.69. The fourth-order valence-electron chi connectivity index (χ4n) is 5.69. The molecule has 164 valence electrons. The van der Waals surface area contributed by atoms with Crippen LogP contribution < -0.4 is 4.74 Å². The van der Waals surface area contributed by atoms with Crippen molar-refractivity contribution in [3.63, 3.8) is 0 Å². The second-order valence-corrected chi connectivity index (χ2v) is 9.30. The summed E-state index contributed by atoms with van der Waals surface area (Å²) in [6.45, 7) is 0.528. The summed E-state index contributed by atoms with van der Waals surface area (Å²) in [5, 5.41) is 3.72. The minimum Gasteiger partial charge on any atom is -0.488 e. The Morgan fingerprint density at radius 1 is 0.543 bits per heavy atom. The van der Waals surface area contributed by atoms with Gasteiger partial charge in [0.15, 0.2) is 0 Å². The van der Waals surface area contributed by atoms with Crippen LogP contribution in [-0.2, 0) is 0 Å². The lowest BCUT2D eigenvalue weighted by Crippen LogP contribution is -2.07. The molecule has 5 aromatic carbocycles. The molecule has 0 spiro atoms. The molecule has 0 saturated carbocycles. The zero-order valence-electron chi connectivity index (χ0n) is 18.9. The van der Waals surface area contributed by atoms with Gasteiger partial charge in [0.1, 0.15) is 23.7 Å². The van der Waals surface area contributed by atoms with Crippen molar-refractivity contribution in [2.24, 2.45) is 0 Å². The average Bonchev–Trinajstić information content (AvgIpc) is 3.48. The van der Waals surface area contributed by atoms with Crippen molar-refractivity contribution in [3.05, 3.63) is 114 Å². The highest BCUT2D eigenvalue weighted by atomic mass is 16.5. The molecule has 2 heterocycles. The summed E-state index contributed by atoms with van der Waals surface area (Å²) in [5.74, 6) is 1.81. The van der Waals surface area contributed by atoms with E-state index in [-0.39, 0.29) is 0 Å². The molecule has 0 radical (unpaired) electrons. The molecule has 0 atom stereocenters. The molecule has 8 rings (SSSR count). The molecule has 6 aromatic rings. The maximum absolute atomic E-state index is 6.40. The Hall–Kier alpha value is -4.56. The maximum Gasteiger partial charge on any atom is 0.136 e. The SMILES string of the molecule is C1=C(c2cc3c(cc2-c2cc4ccccc4o2)-c2cccc4cccc-3c24)COc2ccccc21. The number of benzene rings is 5. The Morgan fingerprint density at radius 3 is 2.09 bits per heavy atom. The minimum atomic E-state index is 0.528. The quantitative estimate of drug-likeness (QED) is 0.264. The smallest absolute Gasteiger partial charge is 0.136 e. The number of hydrogen-bond donors (Lipinski definition) is 0. The van der Waals surface area contributed by atoms with Crippen molar-refractivity contribution in [3.8, 4) is 39.3 Å². The summed E-state index contributed by atoms with van der Waals surface area (Å²) in [6.07, 6.45) is 2.26. The van der Waals surface area contributed by atoms with Gasteiger partial charge in [-0.05, 0) is 80.6 Å². The highest BCUT2D eigenvalue weighted by Crippen LogP contribution is 2.50. The third-order valence-electron chi connectivity index (χ3n) is 7.31. The van der Waals surface area contributed by atoms with Gasteiger partial charge in [-0.15, -0.1) is 0 Å². The number of furan rings is 1. The Balaban J connectivity index is 1.43. The minimum absolute atomic E-state index is 0.528. The Bertz CT molecular complexity index is 1810. The maximum atomic E-state index is 6.40. The highest BCUT2D eigenvalue weighted by Gasteiger charge is 2.26. The first-order valence-corrected chi connectivity index (χ1v) is 12.0. The number of fused-ring (bicyclic) bond motifs is 5. The van der Waals surface area contributed by atoms with E-state index in [1.165, 1.54) is 33.0 Å². The monoisotopic (exact) mass is 448 g/mol. The van der Waals surface area contributed by atoms with Crippen molar-refractivity contribution < 1.29 is 9.15 Å². The lowest BCUT2D eigenvalue weighted by atomic mass is 9.90. The molecule has 35 heavy (non-hydrogen) atoms. The van der Waals surface area contributed by atoms with Crippen LogP contribution in [0.4, 0.5) is 0 Å². The van der Waals surface area contributed by atoms with Crippen molar-refractivity contribution in [1.29, 1.82) is 0 Å². The molecule has 1 aliphatic carbocycles. The third-order valence-corrected chi connectivity index (χ3v) is 7.31. The predicted molar refractivity (Wildman–Crippen MR) is 143 cm³/mol. The molecule has 2 nitrogen and oxygen atoms in total. The molecule has 1 aromatic heterocycles. The lowest BCUT2D eigenvalue weighted by molar-refractivity contribution is 0.366. The molecule has 0 N–H and O–H groups in total. The second-order valence-electron chi connectivity index (χ2n) is 9.30. The number of rotatable bonds is 2. The molecule has 0 bridgehead atoms. The number of ether oxygens (including phenoxy) is 1. The van der Waals surface area contributed by atoms with Gasteiger partial charge >= 0.3 is 0 Å². The van der Waals surface area contributed by atoms with Crippen molar-refractivity contribution >= 4 is 33.4 Å². The van der Waals surface area contributed by atoms with Gasteiger partial charge < -0.3 is 9.15 Å². The van der Waals surface area contributed by atoms with Crippen LogP contribution in [-0.4, -0.2) is 6.61 Å². The van der Waals surface area contributed by atoms with Gasteiger partial charge in [0.05, 0.1) is 0 Å². The summed E-state index contributed by atoms with van der Waals surface area (Å²) in [7, 11) is 0. The third kappa shape index (κ3) is 2.71. The van der Waals surface area contributed by atoms with Crippen LogP contribution in [0.25, 0.3) is 67.0 Å². The largest absolute Gasteiger partial charge is 0.488 e. The van der Waals surface area contributed by atoms with Gasteiger partial charge in [-0.3, -0.25) is 0 Å². The zero-order valence-corrected chi connectivity index (χ0v) is 18.9. The van der Waals surface area contributed by atoms with Crippen LogP contribution in [0.2, 0.25) is 0 Å². The van der Waals surface area contributed by atoms with E-state index in [1.54, 1.807) is 0 Å². The van der Waals surface area contributed by atoms with Crippen LogP contribution >= 0.6 is 0 Å². The van der Waals surface area contributed by atoms with E-state index >= 15 is 0 Å². The van der Waals surface area contributed by atoms with Crippen LogP contribution in [0.1, 0.15) is 11.1 Å². The number of para-hydroxylation sites is 2. The molecular weight excluding hydrogens is 428 g/mol. The zero-order chi connectivity index (χ0) is 22.9. The average molecular weight is 449 g/mol. The fraction of sp³-hybridized carbons (Fsp3) is 0.0303. The van der Waals surface area contributed by atoms with E-state index in [4.69, 9.17) is 9.15 Å². The van der Waals surface area contributed by atoms with E-state index in [2.05, 4.69) is 84.9 Å². The van der Waals surface area contributed by atoms with Crippen LogP contribution in [0.3, 0.4) is 0 Å². The standard InChI is InChI=1S/C33H20O2/c1-3-13-30-21(7-1)15-23(19-34-30)26-17-27-24-11-5-9-20-10-6-12-25(33(20)24)28(27)18-29(26)32-16-22-8-2-4-14-31(22)35-32/h1-18H,19H2. The van der Waals surface area contributed by atoms with Gasteiger partial charge in [0.2, 0.25) is 0 Å². The molecule has 2 heteroatoms. The summed E-state index contributed by atoms with van der Waals surface area (Å²) in [4.78, 5) is 0. The molecule has 2 aliphatic rings. The molecule has 0 unspecified atom stereocenters. The summed E-state index contributed by atoms with van der Waals surface area (Å²) < 4.78 is 12.6. The summed E-state index contributed by atoms with van der Waals surface area (Å²) >= 11 is 0. The Kier molecular flexibility index (Phi) is 3.75. The Labute approximate surface area is 202 Å². The van der Waals surface area contributed by atoms with Crippen LogP contribution in [0.15, 0.2) is 108 Å². The van der Waals surface area contributed by atoms with E-state index in [0.717, 1.165) is 44.7 Å². The highest BCUT2D eigenvalue weighted by molar-refractivity contribution is 6.16. The van der Waals surface area contributed by atoms with E-state index in [1.807, 2.05) is 24.3 Å². The van der Waals surface area contributed by atoms with E-state index in [0.29, 0.717) is 6.61 Å². The van der Waals surface area contributed by atoms with Gasteiger partial charge in [0.25, 0.3) is 0 Å². The first-order valence-electron chi connectivity index (χ1n) is 12.0. The van der Waals surface area contributed by atoms with E-state index in [9.17, 15) is 0 Å². The first-order chi connectivity index (χ1) is 17.3. The van der Waals surface area contributed by atoms with E-state index < -0.39 is 0 Å². The number of hydrogen-bond acceptors (Lipinski definition) is 2. The van der Waals surface area contributed by atoms with Crippen molar-refractivity contribution in [2.75, 3.05) is 6.61 Å². The molecule has 0 fully saturated rings. The molecule has 0 amide bonds. The van der Waals surface area contributed by atoms with Gasteiger partial charge in [0, 0.05) is 16.5 Å². The molecule has 1 aliphatic heterocycles. The first kappa shape index (κ1) is 18.8. The molecule has 0 saturated heterocycles. The van der Waals surface area contributed by atoms with Gasteiger partial charge in [-0.1, -0.05) is 72.8 Å². The summed E-state index contributed by atoms with van der Waals surface area (Å²) in [6, 6.07) is 36.4. The lowest BCUT2D eigenvalue weighted by Gasteiger charge is -2.21. The topological polar surface area (TPSA) is 22.4 Å². The van der Waals surface area contributed by atoms with Crippen molar-refractivity contribution in [1.82, 2.24) is 0 Å². The second kappa shape index (κ2) is 6.97. The van der Waals surface area contributed by atoms with Gasteiger partial charge in [-0.25, -0.2) is 0 Å². The predicted octanol–water partition coefficient (Wildman–Crippen LogP) is 8.83. The van der Waals surface area contributed by atoms with Gasteiger partial charge in [-0.2, -0.15) is 0 Å². The Morgan fingerprint density at radius 2 is 1.26 bits per heavy atom. The van der Waals surface area contributed by atoms with Crippen LogP contribution in [0.5, 0.6) is 5.75 Å². The summed E-state index contributed by atoms with van der Waals surface area (Å²) in [5.41, 5.74) is 10.5. The molecular formula is C33H20O2. The normalized spacial score (nSPS) is 13.4.